The van der Waals surface area contributed by atoms with Gasteiger partial charge in [-0.25, -0.2) is 4.39 Å². The van der Waals surface area contributed by atoms with Gasteiger partial charge in [0.1, 0.15) is 12.4 Å². The zero-order valence-corrected chi connectivity index (χ0v) is 15.1. The number of rotatable bonds is 8. The fourth-order valence-corrected chi connectivity index (χ4v) is 2.93. The number of hydrogen-bond donors (Lipinski definition) is 2. The second kappa shape index (κ2) is 8.92. The van der Waals surface area contributed by atoms with Gasteiger partial charge in [0.05, 0.1) is 16.5 Å². The topological polar surface area (TPSA) is 58.6 Å². The first-order valence-electron chi connectivity index (χ1n) is 7.75. The predicted octanol–water partition coefficient (Wildman–Crippen LogP) is 5.16. The second-order valence-corrected chi connectivity index (χ2v) is 6.34. The third kappa shape index (κ3) is 5.80. The van der Waals surface area contributed by atoms with Crippen LogP contribution in [0.4, 0.5) is 10.1 Å². The van der Waals surface area contributed by atoms with Gasteiger partial charge < -0.3 is 15.2 Å². The lowest BCUT2D eigenvalue weighted by Gasteiger charge is -2.13. The summed E-state index contributed by atoms with van der Waals surface area (Å²) in [6, 6.07) is 7.57. The second-order valence-electron chi connectivity index (χ2n) is 5.52. The molecule has 0 unspecified atom stereocenters. The molecule has 0 aliphatic rings. The van der Waals surface area contributed by atoms with E-state index in [0.717, 1.165) is 13.0 Å². The number of hydrogen-bond acceptors (Lipinski definition) is 3. The summed E-state index contributed by atoms with van der Waals surface area (Å²) in [5.41, 5.74) is 1.78. The molecule has 25 heavy (non-hydrogen) atoms. The van der Waals surface area contributed by atoms with Crippen LogP contribution in [0.25, 0.3) is 0 Å². The first-order valence-corrected chi connectivity index (χ1v) is 8.50. The molecule has 2 aromatic rings. The van der Waals surface area contributed by atoms with Crippen molar-refractivity contribution in [2.75, 3.05) is 11.9 Å². The third-order valence-corrected chi connectivity index (χ3v) is 3.89. The van der Waals surface area contributed by atoms with E-state index in [1.165, 1.54) is 24.3 Å². The number of aliphatic carboxylic acids is 1. The summed E-state index contributed by atoms with van der Waals surface area (Å²) in [6.07, 6.45) is 0.742. The summed E-state index contributed by atoms with van der Waals surface area (Å²) in [7, 11) is 0. The van der Waals surface area contributed by atoms with Crippen LogP contribution in [0.2, 0.25) is 10.0 Å². The van der Waals surface area contributed by atoms with Crippen LogP contribution in [0.3, 0.4) is 0 Å². The van der Waals surface area contributed by atoms with E-state index in [1.54, 1.807) is 6.07 Å². The summed E-state index contributed by atoms with van der Waals surface area (Å²) in [5.74, 6) is -1.11. The van der Waals surface area contributed by atoms with Gasteiger partial charge in [0, 0.05) is 12.2 Å². The van der Waals surface area contributed by atoms with Gasteiger partial charge in [-0.05, 0) is 47.9 Å². The first-order chi connectivity index (χ1) is 11.9. The molecule has 7 heteroatoms. The Morgan fingerprint density at radius 2 is 1.84 bits per heavy atom. The lowest BCUT2D eigenvalue weighted by atomic mass is 10.1. The summed E-state index contributed by atoms with van der Waals surface area (Å²) in [4.78, 5) is 10.8. The largest absolute Gasteiger partial charge is 0.486 e. The molecule has 0 aromatic heterocycles. The Bertz CT molecular complexity index is 745. The minimum atomic E-state index is -0.979. The average molecular weight is 386 g/mol. The van der Waals surface area contributed by atoms with Gasteiger partial charge >= 0.3 is 5.97 Å². The molecule has 0 aliphatic carbocycles. The van der Waals surface area contributed by atoms with E-state index in [1.807, 2.05) is 6.92 Å². The van der Waals surface area contributed by atoms with E-state index in [-0.39, 0.29) is 34.6 Å². The Morgan fingerprint density at radius 3 is 2.44 bits per heavy atom. The first kappa shape index (κ1) is 19.3. The zero-order valence-electron chi connectivity index (χ0n) is 13.6. The van der Waals surface area contributed by atoms with Crippen molar-refractivity contribution < 1.29 is 19.0 Å². The summed E-state index contributed by atoms with van der Waals surface area (Å²) < 4.78 is 19.3. The van der Waals surface area contributed by atoms with E-state index < -0.39 is 5.97 Å². The van der Waals surface area contributed by atoms with Crippen LogP contribution in [0, 0.1) is 5.82 Å². The van der Waals surface area contributed by atoms with Crippen LogP contribution in [0.1, 0.15) is 24.5 Å². The smallest absolute Gasteiger partial charge is 0.307 e. The lowest BCUT2D eigenvalue weighted by molar-refractivity contribution is -0.136. The molecular formula is C18H18Cl2FNO3. The van der Waals surface area contributed by atoms with Gasteiger partial charge in [0.25, 0.3) is 0 Å². The number of nitrogens with one attached hydrogen (secondary N) is 1. The standard InChI is InChI=1S/C18H18Cl2FNO3/c1-2-3-22-14-5-12(4-13(21)9-14)10-25-18-15(19)6-11(7-16(18)20)8-17(23)24/h4-7,9,22H,2-3,8,10H2,1H3,(H,23,24). The maximum Gasteiger partial charge on any atom is 0.307 e. The van der Waals surface area contributed by atoms with Gasteiger partial charge in [-0.1, -0.05) is 30.1 Å². The fourth-order valence-electron chi connectivity index (χ4n) is 2.29. The Balaban J connectivity index is 2.13. The molecule has 2 aromatic carbocycles. The van der Waals surface area contributed by atoms with Crippen LogP contribution in [-0.2, 0) is 17.8 Å². The van der Waals surface area contributed by atoms with Gasteiger partial charge in [-0.3, -0.25) is 4.79 Å². The van der Waals surface area contributed by atoms with Crippen molar-refractivity contribution in [3.8, 4) is 5.75 Å². The summed E-state index contributed by atoms with van der Waals surface area (Å²) >= 11 is 12.3. The highest BCUT2D eigenvalue weighted by Gasteiger charge is 2.12. The molecule has 0 saturated heterocycles. The molecule has 0 spiro atoms. The van der Waals surface area contributed by atoms with Crippen molar-refractivity contribution in [1.29, 1.82) is 0 Å². The van der Waals surface area contributed by atoms with Gasteiger partial charge in [-0.15, -0.1) is 0 Å². The molecule has 134 valence electrons. The van der Waals surface area contributed by atoms with E-state index in [4.69, 9.17) is 33.0 Å². The normalized spacial score (nSPS) is 10.6. The summed E-state index contributed by atoms with van der Waals surface area (Å²) in [6.45, 7) is 2.84. The van der Waals surface area contributed by atoms with Crippen molar-refractivity contribution in [3.63, 3.8) is 0 Å². The number of carboxylic acids is 1. The highest BCUT2D eigenvalue weighted by molar-refractivity contribution is 6.37. The van der Waals surface area contributed by atoms with Crippen molar-refractivity contribution in [2.24, 2.45) is 0 Å². The predicted molar refractivity (Wildman–Crippen MR) is 97.3 cm³/mol. The van der Waals surface area contributed by atoms with Gasteiger partial charge in [0.2, 0.25) is 0 Å². The van der Waals surface area contributed by atoms with Crippen LogP contribution < -0.4 is 10.1 Å². The lowest BCUT2D eigenvalue weighted by Crippen LogP contribution is -2.03. The minimum absolute atomic E-state index is 0.0796. The van der Waals surface area contributed by atoms with E-state index in [9.17, 15) is 9.18 Å². The fraction of sp³-hybridized carbons (Fsp3) is 0.278. The number of halogens is 3. The molecule has 0 aliphatic heterocycles. The molecule has 0 saturated carbocycles. The molecule has 2 N–H and O–H groups in total. The molecular weight excluding hydrogens is 368 g/mol. The zero-order chi connectivity index (χ0) is 18.4. The maximum atomic E-state index is 13.7. The number of carboxylic acid groups (broad SMARTS) is 1. The van der Waals surface area contributed by atoms with Crippen molar-refractivity contribution in [3.05, 3.63) is 57.3 Å². The molecule has 0 atom stereocenters. The molecule has 0 heterocycles. The molecule has 0 amide bonds. The van der Waals surface area contributed by atoms with Crippen LogP contribution in [-0.4, -0.2) is 17.6 Å². The summed E-state index contributed by atoms with van der Waals surface area (Å²) in [5, 5.41) is 12.4. The molecule has 0 radical (unpaired) electrons. The van der Waals surface area contributed by atoms with E-state index >= 15 is 0 Å². The van der Waals surface area contributed by atoms with E-state index in [0.29, 0.717) is 16.8 Å². The number of anilines is 1. The SMILES string of the molecule is CCCNc1cc(F)cc(COc2c(Cl)cc(CC(=O)O)cc2Cl)c1. The molecule has 0 bridgehead atoms. The highest BCUT2D eigenvalue weighted by atomic mass is 35.5. The van der Waals surface area contributed by atoms with Crippen LogP contribution in [0.15, 0.2) is 30.3 Å². The Kier molecular flexibility index (Phi) is 6.91. The van der Waals surface area contributed by atoms with Crippen molar-refractivity contribution in [1.82, 2.24) is 0 Å². The number of benzene rings is 2. The molecule has 2 rings (SSSR count). The highest BCUT2D eigenvalue weighted by Crippen LogP contribution is 2.35. The van der Waals surface area contributed by atoms with Gasteiger partial charge in [0.15, 0.2) is 5.75 Å². The van der Waals surface area contributed by atoms with Crippen molar-refractivity contribution in [2.45, 2.75) is 26.4 Å². The van der Waals surface area contributed by atoms with Crippen LogP contribution in [0.5, 0.6) is 5.75 Å². The maximum absolute atomic E-state index is 13.7. The Hall–Kier alpha value is -1.98. The third-order valence-electron chi connectivity index (χ3n) is 3.33. The number of ether oxygens (including phenoxy) is 1. The monoisotopic (exact) mass is 385 g/mol. The van der Waals surface area contributed by atoms with Gasteiger partial charge in [-0.2, -0.15) is 0 Å². The Labute approximate surface area is 155 Å². The average Bonchev–Trinajstić information content (AvgIpc) is 2.51. The number of carbonyl (C=O) groups is 1. The molecule has 0 fully saturated rings. The van der Waals surface area contributed by atoms with Crippen LogP contribution >= 0.6 is 23.2 Å². The molecule has 4 nitrogen and oxygen atoms in total. The quantitative estimate of drug-likeness (QED) is 0.658. The Morgan fingerprint density at radius 1 is 1.16 bits per heavy atom. The minimum Gasteiger partial charge on any atom is -0.486 e. The van der Waals surface area contributed by atoms with E-state index in [2.05, 4.69) is 5.32 Å². The van der Waals surface area contributed by atoms with Crippen molar-refractivity contribution >= 4 is 34.9 Å².